The van der Waals surface area contributed by atoms with E-state index in [0.29, 0.717) is 34.1 Å². The van der Waals surface area contributed by atoms with Gasteiger partial charge in [0.2, 0.25) is 11.9 Å². The van der Waals surface area contributed by atoms with Crippen LogP contribution in [0.5, 0.6) is 0 Å². The molecule has 38 heavy (non-hydrogen) atoms. The third-order valence-corrected chi connectivity index (χ3v) is 7.77. The Balaban J connectivity index is 1.32. The van der Waals surface area contributed by atoms with Crippen molar-refractivity contribution in [3.8, 4) is 11.1 Å². The lowest BCUT2D eigenvalue weighted by Crippen LogP contribution is -2.41. The lowest BCUT2D eigenvalue weighted by Gasteiger charge is -2.28. The third kappa shape index (κ3) is 4.60. The summed E-state index contributed by atoms with van der Waals surface area (Å²) in [6.45, 7) is 1.56. The molecule has 4 N–H and O–H groups in total. The van der Waals surface area contributed by atoms with E-state index in [-0.39, 0.29) is 41.4 Å². The highest BCUT2D eigenvalue weighted by atomic mass is 19.1. The van der Waals surface area contributed by atoms with Crippen molar-refractivity contribution in [1.82, 2.24) is 14.9 Å². The quantitative estimate of drug-likeness (QED) is 0.406. The van der Waals surface area contributed by atoms with E-state index in [1.807, 2.05) is 17.0 Å². The summed E-state index contributed by atoms with van der Waals surface area (Å²) >= 11 is 0. The van der Waals surface area contributed by atoms with E-state index in [4.69, 9.17) is 10.7 Å². The van der Waals surface area contributed by atoms with E-state index < -0.39 is 0 Å². The van der Waals surface area contributed by atoms with Crippen molar-refractivity contribution in [2.75, 3.05) is 23.7 Å². The molecule has 9 heteroatoms. The summed E-state index contributed by atoms with van der Waals surface area (Å²) in [5.41, 5.74) is 8.29. The maximum atomic E-state index is 14.1. The fourth-order valence-corrected chi connectivity index (χ4v) is 5.95. The summed E-state index contributed by atoms with van der Waals surface area (Å²) in [6, 6.07) is 13.3. The van der Waals surface area contributed by atoms with Gasteiger partial charge in [-0.15, -0.1) is 0 Å². The summed E-state index contributed by atoms with van der Waals surface area (Å²) in [7, 11) is 0. The second kappa shape index (κ2) is 9.89. The number of hydrogen-bond donors (Lipinski definition) is 3. The molecular formula is C29H29FN6O2. The molecule has 2 aromatic carbocycles. The number of halogens is 1. The topological polar surface area (TPSA) is 113 Å². The zero-order chi connectivity index (χ0) is 26.2. The van der Waals surface area contributed by atoms with Crippen molar-refractivity contribution >= 4 is 29.3 Å². The highest BCUT2D eigenvalue weighted by molar-refractivity contribution is 5.95. The van der Waals surface area contributed by atoms with Crippen LogP contribution in [0.3, 0.4) is 0 Å². The second-order valence-corrected chi connectivity index (χ2v) is 10.2. The Morgan fingerprint density at radius 2 is 1.82 bits per heavy atom. The fourth-order valence-electron chi connectivity index (χ4n) is 5.95. The Kier molecular flexibility index (Phi) is 6.27. The number of benzene rings is 2. The molecule has 2 bridgehead atoms. The van der Waals surface area contributed by atoms with Crippen LogP contribution in [-0.4, -0.2) is 45.8 Å². The van der Waals surface area contributed by atoms with Crippen molar-refractivity contribution < 1.29 is 14.0 Å². The molecule has 2 aliphatic carbocycles. The van der Waals surface area contributed by atoms with Gasteiger partial charge in [0.05, 0.1) is 5.92 Å². The molecule has 1 saturated heterocycles. The largest absolute Gasteiger partial charge is 0.369 e. The van der Waals surface area contributed by atoms with Crippen LogP contribution in [0.1, 0.15) is 29.6 Å². The molecule has 3 aromatic rings. The summed E-state index contributed by atoms with van der Waals surface area (Å²) in [6.07, 6.45) is 8.73. The first-order valence-electron chi connectivity index (χ1n) is 13.0. The first kappa shape index (κ1) is 24.1. The lowest BCUT2D eigenvalue weighted by atomic mass is 9.88. The van der Waals surface area contributed by atoms with Crippen LogP contribution in [0.4, 0.5) is 21.8 Å². The van der Waals surface area contributed by atoms with E-state index in [2.05, 4.69) is 27.8 Å². The van der Waals surface area contributed by atoms with Gasteiger partial charge in [0, 0.05) is 42.1 Å². The molecule has 3 aliphatic rings. The van der Waals surface area contributed by atoms with Gasteiger partial charge < -0.3 is 21.3 Å². The van der Waals surface area contributed by atoms with Gasteiger partial charge in [-0.25, -0.2) is 9.37 Å². The van der Waals surface area contributed by atoms with Gasteiger partial charge >= 0.3 is 0 Å². The molecule has 0 spiro atoms. The maximum Gasteiger partial charge on any atom is 0.253 e. The number of carbonyl (C=O) groups is 2. The SMILES string of the molecule is NC(=O)[C@@H]1[C@H](Nc2nc(Nc3cccc(C(=O)N4CCCC4)c3)ncc2-c2cccc(F)c2)[C@H]2C=C[C@@H]1C2. The van der Waals surface area contributed by atoms with Crippen LogP contribution in [0.2, 0.25) is 0 Å². The van der Waals surface area contributed by atoms with E-state index in [1.165, 1.54) is 12.1 Å². The van der Waals surface area contributed by atoms with Gasteiger partial charge in [0.1, 0.15) is 11.6 Å². The summed E-state index contributed by atoms with van der Waals surface area (Å²) in [4.78, 5) is 36.3. The minimum Gasteiger partial charge on any atom is -0.369 e. The number of allylic oxidation sites excluding steroid dienone is 1. The number of amides is 2. The number of carbonyl (C=O) groups excluding carboxylic acids is 2. The van der Waals surface area contributed by atoms with Crippen molar-refractivity contribution in [2.24, 2.45) is 23.5 Å². The molecule has 2 fully saturated rings. The summed E-state index contributed by atoms with van der Waals surface area (Å²) in [5, 5.41) is 6.66. The Labute approximate surface area is 220 Å². The van der Waals surface area contributed by atoms with Crippen LogP contribution >= 0.6 is 0 Å². The highest BCUT2D eigenvalue weighted by Crippen LogP contribution is 2.45. The molecule has 8 nitrogen and oxygen atoms in total. The molecule has 6 rings (SSSR count). The second-order valence-electron chi connectivity index (χ2n) is 10.2. The van der Waals surface area contributed by atoms with Crippen LogP contribution in [0, 0.1) is 23.6 Å². The molecule has 4 atom stereocenters. The van der Waals surface area contributed by atoms with E-state index in [0.717, 1.165) is 32.4 Å². The minimum absolute atomic E-state index is 0.0118. The van der Waals surface area contributed by atoms with Crippen LogP contribution < -0.4 is 16.4 Å². The number of aromatic nitrogens is 2. The zero-order valence-electron chi connectivity index (χ0n) is 20.8. The number of nitrogens with zero attached hydrogens (tertiary/aromatic N) is 3. The van der Waals surface area contributed by atoms with Crippen molar-refractivity contribution in [3.05, 3.63) is 78.3 Å². The Bertz CT molecular complexity index is 1420. The first-order chi connectivity index (χ1) is 18.5. The Morgan fingerprint density at radius 3 is 2.61 bits per heavy atom. The standard InChI is InChI=1S/C29H29FN6O2/c30-21-7-3-5-17(14-21)23-16-32-29(33-22-8-4-6-20(15-22)28(38)36-11-1-2-12-36)35-27(23)34-25-19-10-9-18(13-19)24(25)26(31)37/h3-10,14-16,18-19,24-25H,1-2,11-13H2,(H2,31,37)(H2,32,33,34,35)/t18-,19+,24+,25-/m1/s1. The monoisotopic (exact) mass is 512 g/mol. The molecule has 0 unspecified atom stereocenters. The number of anilines is 3. The molecule has 0 radical (unpaired) electrons. The molecule has 2 amide bonds. The smallest absolute Gasteiger partial charge is 0.253 e. The van der Waals surface area contributed by atoms with Gasteiger partial charge in [0.25, 0.3) is 5.91 Å². The van der Waals surface area contributed by atoms with Gasteiger partial charge in [-0.1, -0.05) is 30.4 Å². The number of fused-ring (bicyclic) bond motifs is 2. The average molecular weight is 513 g/mol. The zero-order valence-corrected chi connectivity index (χ0v) is 20.8. The lowest BCUT2D eigenvalue weighted by molar-refractivity contribution is -0.122. The molecule has 1 aliphatic heterocycles. The normalized spacial score (nSPS) is 23.6. The van der Waals surface area contributed by atoms with Crippen molar-refractivity contribution in [3.63, 3.8) is 0 Å². The predicted molar refractivity (Wildman–Crippen MR) is 143 cm³/mol. The van der Waals surface area contributed by atoms with Gasteiger partial charge in [-0.3, -0.25) is 9.59 Å². The van der Waals surface area contributed by atoms with E-state index in [9.17, 15) is 14.0 Å². The van der Waals surface area contributed by atoms with E-state index in [1.54, 1.807) is 30.5 Å². The number of hydrogen-bond acceptors (Lipinski definition) is 6. The fraction of sp³-hybridized carbons (Fsp3) is 0.310. The summed E-state index contributed by atoms with van der Waals surface area (Å²) in [5.74, 6) is -0.0166. The first-order valence-corrected chi connectivity index (χ1v) is 13.0. The number of nitrogens with one attached hydrogen (secondary N) is 2. The molecule has 194 valence electrons. The van der Waals surface area contributed by atoms with Crippen molar-refractivity contribution in [1.29, 1.82) is 0 Å². The van der Waals surface area contributed by atoms with Crippen molar-refractivity contribution in [2.45, 2.75) is 25.3 Å². The minimum atomic E-state index is -0.368. The molecular weight excluding hydrogens is 483 g/mol. The van der Waals surface area contributed by atoms with Crippen LogP contribution in [-0.2, 0) is 4.79 Å². The highest BCUT2D eigenvalue weighted by Gasteiger charge is 2.47. The van der Waals surface area contributed by atoms with Crippen LogP contribution in [0.15, 0.2) is 66.9 Å². The van der Waals surface area contributed by atoms with E-state index >= 15 is 0 Å². The Hall–Kier alpha value is -4.27. The van der Waals surface area contributed by atoms with Crippen LogP contribution in [0.25, 0.3) is 11.1 Å². The predicted octanol–water partition coefficient (Wildman–Crippen LogP) is 4.35. The number of primary amides is 1. The third-order valence-electron chi connectivity index (χ3n) is 7.77. The van der Waals surface area contributed by atoms with Gasteiger partial charge in [-0.05, 0) is 67.0 Å². The molecule has 2 heterocycles. The molecule has 1 aromatic heterocycles. The van der Waals surface area contributed by atoms with Gasteiger partial charge in [0.15, 0.2) is 0 Å². The van der Waals surface area contributed by atoms with Gasteiger partial charge in [-0.2, -0.15) is 4.98 Å². The number of rotatable bonds is 7. The average Bonchev–Trinajstić information content (AvgIpc) is 3.67. The Morgan fingerprint density at radius 1 is 1.03 bits per heavy atom. The maximum absolute atomic E-state index is 14.1. The number of likely N-dealkylation sites (tertiary alicyclic amines) is 1. The molecule has 1 saturated carbocycles. The number of nitrogens with two attached hydrogens (primary N) is 1. The summed E-state index contributed by atoms with van der Waals surface area (Å²) < 4.78 is 14.1.